The van der Waals surface area contributed by atoms with Gasteiger partial charge in [-0.3, -0.25) is 5.43 Å². The van der Waals surface area contributed by atoms with Gasteiger partial charge >= 0.3 is 12.0 Å². The normalized spacial score (nSPS) is 14.8. The molecule has 0 spiro atoms. The number of nitriles is 1. The third-order valence-electron chi connectivity index (χ3n) is 6.88. The van der Waals surface area contributed by atoms with Crippen molar-refractivity contribution in [2.45, 2.75) is 32.7 Å². The van der Waals surface area contributed by atoms with Crippen LogP contribution in [0.15, 0.2) is 71.0 Å². The van der Waals surface area contributed by atoms with Gasteiger partial charge < -0.3 is 39.4 Å². The number of benzene rings is 3. The number of urea groups is 1. The van der Waals surface area contributed by atoms with Gasteiger partial charge in [0.25, 0.3) is 0 Å². The van der Waals surface area contributed by atoms with Crippen LogP contribution in [0.4, 0.5) is 4.79 Å². The first-order valence-electron chi connectivity index (χ1n) is 14.4. The van der Waals surface area contributed by atoms with Crippen molar-refractivity contribution in [3.05, 3.63) is 91.7 Å². The van der Waals surface area contributed by atoms with Crippen LogP contribution in [0.2, 0.25) is 0 Å². The first kappa shape index (κ1) is 34.9. The number of hydrazone groups is 1. The summed E-state index contributed by atoms with van der Waals surface area (Å²) in [5.74, 6) is 0.998. The molecule has 0 unspecified atom stereocenters. The van der Waals surface area contributed by atoms with Crippen molar-refractivity contribution in [1.29, 1.82) is 5.26 Å². The molecule has 0 aromatic heterocycles. The number of halogens is 1. The second-order valence-electron chi connectivity index (χ2n) is 10.00. The fourth-order valence-electron chi connectivity index (χ4n) is 4.71. The number of amides is 2. The Labute approximate surface area is 285 Å². The third-order valence-corrected chi connectivity index (χ3v) is 7.50. The number of hydrogen-bond acceptors (Lipinski definition) is 11. The summed E-state index contributed by atoms with van der Waals surface area (Å²) in [5.41, 5.74) is 5.65. The van der Waals surface area contributed by atoms with Gasteiger partial charge in [0, 0.05) is 20.4 Å². The summed E-state index contributed by atoms with van der Waals surface area (Å²) in [6.07, 6.45) is 0.277. The molecule has 0 fully saturated rings. The van der Waals surface area contributed by atoms with E-state index >= 15 is 0 Å². The van der Waals surface area contributed by atoms with E-state index in [1.54, 1.807) is 44.2 Å². The minimum absolute atomic E-state index is 0.135. The molecular formula is C33H34IN5O8. The standard InChI is InChI=1S/C33H34IN5O8/c1-5-45-26-13-20(30-29(32(41)44-4)19(2)37-33(42)38-30)10-11-25(26)46-18-28(40)39-36-16-23-12-24(34)14-27(43-3)31(23)47-17-22-9-7-6-8-21(22)15-35/h6-14,16,28,30,39-40H,5,17-18H2,1-4H3,(H2,37,38,42)/b36-16+/t28-,30-/m0/s1. The van der Waals surface area contributed by atoms with Crippen LogP contribution in [-0.4, -0.2) is 57.0 Å². The summed E-state index contributed by atoms with van der Waals surface area (Å²) in [7, 11) is 2.80. The highest BCUT2D eigenvalue weighted by atomic mass is 127. The summed E-state index contributed by atoms with van der Waals surface area (Å²) in [5, 5.41) is 29.5. The highest BCUT2D eigenvalue weighted by Gasteiger charge is 2.32. The van der Waals surface area contributed by atoms with E-state index in [-0.39, 0.29) is 18.8 Å². The molecule has 0 saturated carbocycles. The Kier molecular flexibility index (Phi) is 12.3. The fourth-order valence-corrected chi connectivity index (χ4v) is 5.33. The van der Waals surface area contributed by atoms with E-state index in [1.807, 2.05) is 24.3 Å². The van der Waals surface area contributed by atoms with Gasteiger partial charge in [-0.15, -0.1) is 0 Å². The molecule has 47 heavy (non-hydrogen) atoms. The molecule has 0 saturated heterocycles. The Morgan fingerprint density at radius 2 is 1.91 bits per heavy atom. The zero-order chi connectivity index (χ0) is 33.9. The molecule has 3 aromatic carbocycles. The molecule has 14 heteroatoms. The molecule has 0 radical (unpaired) electrons. The van der Waals surface area contributed by atoms with Crippen molar-refractivity contribution >= 4 is 40.8 Å². The van der Waals surface area contributed by atoms with E-state index in [9.17, 15) is 20.0 Å². The van der Waals surface area contributed by atoms with Crippen LogP contribution in [0.5, 0.6) is 23.0 Å². The second-order valence-corrected chi connectivity index (χ2v) is 11.2. The number of nitrogens with one attached hydrogen (secondary N) is 3. The lowest BCUT2D eigenvalue weighted by molar-refractivity contribution is -0.136. The second kappa shape index (κ2) is 16.5. The third kappa shape index (κ3) is 8.83. The molecule has 1 aliphatic heterocycles. The number of ether oxygens (including phenoxy) is 5. The van der Waals surface area contributed by atoms with Gasteiger partial charge in [-0.05, 0) is 72.3 Å². The minimum Gasteiger partial charge on any atom is -0.493 e. The molecule has 13 nitrogen and oxygen atoms in total. The number of allylic oxidation sites excluding steroid dienone is 1. The van der Waals surface area contributed by atoms with Gasteiger partial charge in [0.1, 0.15) is 13.2 Å². The van der Waals surface area contributed by atoms with Crippen LogP contribution in [0.3, 0.4) is 0 Å². The Balaban J connectivity index is 1.45. The van der Waals surface area contributed by atoms with Gasteiger partial charge in [0.05, 0.1) is 50.3 Å². The van der Waals surface area contributed by atoms with E-state index in [1.165, 1.54) is 20.4 Å². The highest BCUT2D eigenvalue weighted by Crippen LogP contribution is 2.35. The SMILES string of the molecule is CCOc1cc([C@@H]2NC(=O)NC(C)=C2C(=O)OC)ccc1OC[C@H](O)N/N=C/c1cc(I)cc(OC)c1OCc1ccccc1C#N. The predicted molar refractivity (Wildman–Crippen MR) is 180 cm³/mol. The Bertz CT molecular complexity index is 1720. The molecule has 1 aliphatic rings. The van der Waals surface area contributed by atoms with Crippen LogP contribution in [0.1, 0.15) is 42.1 Å². The average Bonchev–Trinajstić information content (AvgIpc) is 3.06. The molecule has 4 N–H and O–H groups in total. The monoisotopic (exact) mass is 755 g/mol. The van der Waals surface area contributed by atoms with Gasteiger partial charge in [0.15, 0.2) is 29.2 Å². The summed E-state index contributed by atoms with van der Waals surface area (Å²) in [4.78, 5) is 24.7. The molecule has 1 heterocycles. The topological polar surface area (TPSA) is 173 Å². The average molecular weight is 756 g/mol. The highest BCUT2D eigenvalue weighted by molar-refractivity contribution is 14.1. The summed E-state index contributed by atoms with van der Waals surface area (Å²) in [6.45, 7) is 3.67. The molecule has 0 bridgehead atoms. The maximum Gasteiger partial charge on any atom is 0.337 e. The van der Waals surface area contributed by atoms with E-state index in [2.05, 4.69) is 49.8 Å². The first-order chi connectivity index (χ1) is 22.7. The number of rotatable bonds is 14. The van der Waals surface area contributed by atoms with Crippen LogP contribution < -0.4 is 35.0 Å². The van der Waals surface area contributed by atoms with Gasteiger partial charge in [-0.2, -0.15) is 10.4 Å². The molecule has 2 atom stereocenters. The summed E-state index contributed by atoms with van der Waals surface area (Å²) in [6, 6.07) is 16.7. The molecule has 3 aromatic rings. The number of carbonyl (C=O) groups is 2. The maximum atomic E-state index is 12.5. The van der Waals surface area contributed by atoms with E-state index < -0.39 is 24.3 Å². The lowest BCUT2D eigenvalue weighted by atomic mass is 9.95. The molecular weight excluding hydrogens is 721 g/mol. The Hall–Kier alpha value is -5.01. The Morgan fingerprint density at radius 1 is 1.13 bits per heavy atom. The lowest BCUT2D eigenvalue weighted by Gasteiger charge is -2.28. The van der Waals surface area contributed by atoms with Crippen LogP contribution in [0, 0.1) is 14.9 Å². The van der Waals surface area contributed by atoms with Crippen molar-refractivity contribution in [2.75, 3.05) is 27.4 Å². The summed E-state index contributed by atoms with van der Waals surface area (Å²) < 4.78 is 29.0. The van der Waals surface area contributed by atoms with Crippen LogP contribution in [0.25, 0.3) is 0 Å². The number of aliphatic hydroxyl groups is 1. The number of nitrogens with zero attached hydrogens (tertiary/aromatic N) is 2. The van der Waals surface area contributed by atoms with Gasteiger partial charge in [-0.1, -0.05) is 24.3 Å². The fraction of sp³-hybridized carbons (Fsp3) is 0.273. The van der Waals surface area contributed by atoms with Crippen molar-refractivity contribution in [3.8, 4) is 29.1 Å². The lowest BCUT2D eigenvalue weighted by Crippen LogP contribution is -2.45. The van der Waals surface area contributed by atoms with Gasteiger partial charge in [0.2, 0.25) is 0 Å². The summed E-state index contributed by atoms with van der Waals surface area (Å²) >= 11 is 2.15. The number of methoxy groups -OCH3 is 2. The van der Waals surface area contributed by atoms with E-state index in [4.69, 9.17) is 23.7 Å². The molecule has 4 rings (SSSR count). The quantitative estimate of drug-likeness (QED) is 0.0612. The largest absolute Gasteiger partial charge is 0.493 e. The molecule has 246 valence electrons. The number of esters is 1. The molecule has 0 aliphatic carbocycles. The first-order valence-corrected chi connectivity index (χ1v) is 15.5. The zero-order valence-corrected chi connectivity index (χ0v) is 28.3. The zero-order valence-electron chi connectivity index (χ0n) is 26.1. The van der Waals surface area contributed by atoms with Crippen LogP contribution >= 0.6 is 22.6 Å². The van der Waals surface area contributed by atoms with E-state index in [0.717, 1.165) is 9.13 Å². The van der Waals surface area contributed by atoms with Crippen molar-refractivity contribution < 1.29 is 38.4 Å². The predicted octanol–water partition coefficient (Wildman–Crippen LogP) is 4.27. The van der Waals surface area contributed by atoms with Crippen molar-refractivity contribution in [2.24, 2.45) is 5.10 Å². The maximum absolute atomic E-state index is 12.5. The minimum atomic E-state index is -1.21. The Morgan fingerprint density at radius 3 is 2.64 bits per heavy atom. The number of aliphatic hydroxyl groups excluding tert-OH is 1. The van der Waals surface area contributed by atoms with Crippen molar-refractivity contribution in [3.63, 3.8) is 0 Å². The van der Waals surface area contributed by atoms with Crippen LogP contribution in [-0.2, 0) is 16.1 Å². The number of hydrogen-bond donors (Lipinski definition) is 4. The van der Waals surface area contributed by atoms with Crippen molar-refractivity contribution in [1.82, 2.24) is 16.1 Å². The smallest absolute Gasteiger partial charge is 0.337 e. The van der Waals surface area contributed by atoms with Gasteiger partial charge in [-0.25, -0.2) is 9.59 Å². The molecule has 2 amide bonds. The van der Waals surface area contributed by atoms with E-state index in [0.29, 0.717) is 52.0 Å². The number of carbonyl (C=O) groups excluding carboxylic acids is 2.